The van der Waals surface area contributed by atoms with Gasteiger partial charge >= 0.3 is 0 Å². The zero-order valence-corrected chi connectivity index (χ0v) is 9.39. The molecule has 0 heteroatoms. The van der Waals surface area contributed by atoms with E-state index in [1.54, 1.807) is 0 Å². The fourth-order valence-corrected chi connectivity index (χ4v) is 2.04. The smallest absolute Gasteiger partial charge is 0.0161 e. The average Bonchev–Trinajstić information content (AvgIpc) is 2.41. The second-order valence-electron chi connectivity index (χ2n) is 5.09. The Morgan fingerprint density at radius 3 is 2.43 bits per heavy atom. The van der Waals surface area contributed by atoms with Crippen LogP contribution in [0.2, 0.25) is 0 Å². The van der Waals surface area contributed by atoms with E-state index in [1.807, 2.05) is 0 Å². The number of hydrogen-bond acceptors (Lipinski definition) is 0. The summed E-state index contributed by atoms with van der Waals surface area (Å²) in [6, 6.07) is 6.59. The molecule has 1 aliphatic rings. The Morgan fingerprint density at radius 2 is 1.79 bits per heavy atom. The summed E-state index contributed by atoms with van der Waals surface area (Å²) in [5.41, 5.74) is 5.83. The first kappa shape index (κ1) is 9.51. The van der Waals surface area contributed by atoms with Crippen molar-refractivity contribution in [2.45, 2.75) is 33.1 Å². The average molecular weight is 185 g/mol. The van der Waals surface area contributed by atoms with Gasteiger partial charge in [-0.3, -0.25) is 0 Å². The summed E-state index contributed by atoms with van der Waals surface area (Å²) in [6.07, 6.45) is 4.54. The van der Waals surface area contributed by atoms with Crippen LogP contribution < -0.4 is 0 Å². The van der Waals surface area contributed by atoms with Gasteiger partial charge in [-0.05, 0) is 29.0 Å². The lowest BCUT2D eigenvalue weighted by atomic mass is 9.83. The van der Waals surface area contributed by atoms with Crippen LogP contribution in [-0.4, -0.2) is 0 Å². The highest BCUT2D eigenvalue weighted by molar-refractivity contribution is 5.72. The molecule has 0 bridgehead atoms. The standard InChI is InChI=1S/C14H17/c1-10-8-11-6-5-7-13(12(11)9-10)14(2,3)4/h5-9H,1-4H3. The number of benzene rings is 1. The topological polar surface area (TPSA) is 0 Å². The molecule has 0 spiro atoms. The zero-order chi connectivity index (χ0) is 10.3. The molecule has 0 amide bonds. The Labute approximate surface area is 86.7 Å². The summed E-state index contributed by atoms with van der Waals surface area (Å²) in [7, 11) is 0. The van der Waals surface area contributed by atoms with Crippen molar-refractivity contribution in [3.8, 4) is 0 Å². The van der Waals surface area contributed by atoms with E-state index in [1.165, 1.54) is 22.3 Å². The third-order valence-electron chi connectivity index (χ3n) is 2.70. The van der Waals surface area contributed by atoms with E-state index in [-0.39, 0.29) is 5.41 Å². The Balaban J connectivity index is 2.59. The highest BCUT2D eigenvalue weighted by Crippen LogP contribution is 2.35. The molecule has 0 saturated heterocycles. The van der Waals surface area contributed by atoms with Crippen molar-refractivity contribution in [2.24, 2.45) is 0 Å². The van der Waals surface area contributed by atoms with Gasteiger partial charge in [0, 0.05) is 6.42 Å². The Kier molecular flexibility index (Phi) is 2.02. The third-order valence-corrected chi connectivity index (χ3v) is 2.70. The highest BCUT2D eigenvalue weighted by Gasteiger charge is 2.21. The predicted octanol–water partition coefficient (Wildman–Crippen LogP) is 3.95. The Morgan fingerprint density at radius 1 is 1.07 bits per heavy atom. The van der Waals surface area contributed by atoms with Gasteiger partial charge in [0.25, 0.3) is 0 Å². The first-order valence-corrected chi connectivity index (χ1v) is 5.15. The van der Waals surface area contributed by atoms with Crippen LogP contribution in [-0.2, 0) is 5.41 Å². The van der Waals surface area contributed by atoms with Crippen molar-refractivity contribution < 1.29 is 0 Å². The van der Waals surface area contributed by atoms with Gasteiger partial charge in [-0.25, -0.2) is 0 Å². The largest absolute Gasteiger partial charge is 0.0642 e. The van der Waals surface area contributed by atoms with Crippen LogP contribution in [0.15, 0.2) is 23.8 Å². The minimum atomic E-state index is 0.236. The maximum absolute atomic E-state index is 2.29. The predicted molar refractivity (Wildman–Crippen MR) is 62.2 cm³/mol. The van der Waals surface area contributed by atoms with Gasteiger partial charge in [0.05, 0.1) is 0 Å². The van der Waals surface area contributed by atoms with Crippen molar-refractivity contribution >= 4 is 6.08 Å². The molecule has 0 aromatic heterocycles. The molecule has 14 heavy (non-hydrogen) atoms. The summed E-state index contributed by atoms with van der Waals surface area (Å²) in [5, 5.41) is 0. The molecule has 1 aliphatic carbocycles. The van der Waals surface area contributed by atoms with Crippen LogP contribution in [0.4, 0.5) is 0 Å². The molecule has 0 saturated carbocycles. The van der Waals surface area contributed by atoms with E-state index in [0.717, 1.165) is 0 Å². The number of allylic oxidation sites excluding steroid dienone is 1. The lowest BCUT2D eigenvalue weighted by molar-refractivity contribution is 0.589. The van der Waals surface area contributed by atoms with Gasteiger partial charge in [-0.15, -0.1) is 0 Å². The molecule has 1 aromatic rings. The molecule has 0 N–H and O–H groups in total. The van der Waals surface area contributed by atoms with E-state index in [2.05, 4.69) is 58.4 Å². The molecule has 0 nitrogen and oxygen atoms in total. The Hall–Kier alpha value is -1.04. The SMILES string of the molecule is CC1=Cc2c(cccc2C(C)(C)C)[CH]1. The van der Waals surface area contributed by atoms with Gasteiger partial charge in [0.2, 0.25) is 0 Å². The quantitative estimate of drug-likeness (QED) is 0.574. The van der Waals surface area contributed by atoms with E-state index in [9.17, 15) is 0 Å². The summed E-state index contributed by atoms with van der Waals surface area (Å²) in [4.78, 5) is 0. The van der Waals surface area contributed by atoms with Crippen molar-refractivity contribution in [2.75, 3.05) is 0 Å². The minimum Gasteiger partial charge on any atom is -0.0642 e. The van der Waals surface area contributed by atoms with Gasteiger partial charge < -0.3 is 0 Å². The number of fused-ring (bicyclic) bond motifs is 1. The fourth-order valence-electron chi connectivity index (χ4n) is 2.04. The monoisotopic (exact) mass is 185 g/mol. The second-order valence-corrected chi connectivity index (χ2v) is 5.09. The van der Waals surface area contributed by atoms with Gasteiger partial charge in [-0.1, -0.05) is 50.6 Å². The Bertz CT molecular complexity index is 389. The van der Waals surface area contributed by atoms with E-state index in [4.69, 9.17) is 0 Å². The normalized spacial score (nSPS) is 15.3. The van der Waals surface area contributed by atoms with Gasteiger partial charge in [-0.2, -0.15) is 0 Å². The number of rotatable bonds is 0. The van der Waals surface area contributed by atoms with Crippen LogP contribution >= 0.6 is 0 Å². The first-order valence-electron chi connectivity index (χ1n) is 5.15. The summed E-state index contributed by atoms with van der Waals surface area (Å²) >= 11 is 0. The van der Waals surface area contributed by atoms with Crippen molar-refractivity contribution in [3.05, 3.63) is 46.9 Å². The minimum absolute atomic E-state index is 0.236. The molecule has 73 valence electrons. The maximum Gasteiger partial charge on any atom is 0.0161 e. The highest BCUT2D eigenvalue weighted by atomic mass is 14.3. The van der Waals surface area contributed by atoms with Crippen molar-refractivity contribution in [1.29, 1.82) is 0 Å². The van der Waals surface area contributed by atoms with Crippen molar-refractivity contribution in [3.63, 3.8) is 0 Å². The molecule has 0 unspecified atom stereocenters. The van der Waals surface area contributed by atoms with E-state index in [0.29, 0.717) is 0 Å². The van der Waals surface area contributed by atoms with E-state index < -0.39 is 0 Å². The van der Waals surface area contributed by atoms with Crippen LogP contribution in [0, 0.1) is 6.42 Å². The molecule has 0 fully saturated rings. The molecule has 0 heterocycles. The molecule has 0 aliphatic heterocycles. The first-order chi connectivity index (χ1) is 6.48. The van der Waals surface area contributed by atoms with Crippen molar-refractivity contribution in [1.82, 2.24) is 0 Å². The lowest BCUT2D eigenvalue weighted by Crippen LogP contribution is -2.13. The molecular formula is C14H17. The summed E-state index contributed by atoms with van der Waals surface area (Å²) in [5.74, 6) is 0. The molecule has 0 atom stereocenters. The molecule has 1 radical (unpaired) electrons. The fraction of sp³-hybridized carbons (Fsp3) is 0.357. The van der Waals surface area contributed by atoms with Crippen LogP contribution in [0.5, 0.6) is 0 Å². The second kappa shape index (κ2) is 2.98. The number of hydrogen-bond donors (Lipinski definition) is 0. The lowest BCUT2D eigenvalue weighted by Gasteiger charge is -2.22. The third kappa shape index (κ3) is 1.50. The van der Waals surface area contributed by atoms with Gasteiger partial charge in [0.15, 0.2) is 0 Å². The van der Waals surface area contributed by atoms with Crippen LogP contribution in [0.3, 0.4) is 0 Å². The summed E-state index contributed by atoms with van der Waals surface area (Å²) in [6.45, 7) is 8.96. The zero-order valence-electron chi connectivity index (χ0n) is 9.39. The molecule has 1 aromatic carbocycles. The van der Waals surface area contributed by atoms with Gasteiger partial charge in [0.1, 0.15) is 0 Å². The molecular weight excluding hydrogens is 168 g/mol. The van der Waals surface area contributed by atoms with Crippen LogP contribution in [0.25, 0.3) is 6.08 Å². The van der Waals surface area contributed by atoms with Crippen LogP contribution in [0.1, 0.15) is 44.4 Å². The molecule has 2 rings (SSSR count). The maximum atomic E-state index is 2.29. The summed E-state index contributed by atoms with van der Waals surface area (Å²) < 4.78 is 0. The van der Waals surface area contributed by atoms with E-state index >= 15 is 0 Å².